The highest BCUT2D eigenvalue weighted by molar-refractivity contribution is 5.75. The summed E-state index contributed by atoms with van der Waals surface area (Å²) in [6.45, 7) is 7.11. The maximum atomic E-state index is 12.8. The third kappa shape index (κ3) is 2.96. The van der Waals surface area contributed by atoms with Crippen molar-refractivity contribution >= 4 is 6.03 Å². The van der Waals surface area contributed by atoms with Gasteiger partial charge in [-0.2, -0.15) is 0 Å². The molecule has 1 spiro atoms. The van der Waals surface area contributed by atoms with Gasteiger partial charge in [-0.1, -0.05) is 18.2 Å². The molecule has 0 bridgehead atoms. The molecule has 0 radical (unpaired) electrons. The molecular weight excluding hydrogens is 344 g/mol. The van der Waals surface area contributed by atoms with Gasteiger partial charge < -0.3 is 24.8 Å². The standard InChI is InChI=1S/C21H28N2O4/c1-20(2,3)22-19(25)23-10-9-21-8-7-14(24)11-16(21)27-18-15(26-4)6-5-13(12-23)17(18)21/h5-8,14,16,24H,9-12H2,1-4H3,(H,22,25)/t14-,16-,21-/m0/s1. The average Bonchev–Trinajstić information content (AvgIpc) is 2.81. The lowest BCUT2D eigenvalue weighted by Crippen LogP contribution is -2.49. The van der Waals surface area contributed by atoms with Crippen LogP contribution in [0.2, 0.25) is 0 Å². The molecule has 2 amide bonds. The number of aliphatic hydroxyl groups excluding tert-OH is 1. The van der Waals surface area contributed by atoms with E-state index in [1.165, 1.54) is 0 Å². The molecular formula is C21H28N2O4. The largest absolute Gasteiger partial charge is 0.493 e. The second kappa shape index (κ2) is 6.16. The summed E-state index contributed by atoms with van der Waals surface area (Å²) in [5.74, 6) is 1.47. The Bertz CT molecular complexity index is 798. The summed E-state index contributed by atoms with van der Waals surface area (Å²) in [5.41, 5.74) is 1.58. The molecule has 6 nitrogen and oxygen atoms in total. The second-order valence-corrected chi connectivity index (χ2v) is 8.79. The summed E-state index contributed by atoms with van der Waals surface area (Å²) in [4.78, 5) is 14.7. The molecule has 0 unspecified atom stereocenters. The highest BCUT2D eigenvalue weighted by Gasteiger charge is 2.53. The van der Waals surface area contributed by atoms with E-state index in [2.05, 4.69) is 11.4 Å². The van der Waals surface area contributed by atoms with Gasteiger partial charge in [0.1, 0.15) is 6.10 Å². The number of carbonyl (C=O) groups is 1. The Kier molecular flexibility index (Phi) is 4.14. The van der Waals surface area contributed by atoms with Crippen molar-refractivity contribution in [2.45, 2.75) is 63.3 Å². The number of ether oxygens (including phenoxy) is 2. The summed E-state index contributed by atoms with van der Waals surface area (Å²) >= 11 is 0. The van der Waals surface area contributed by atoms with E-state index in [-0.39, 0.29) is 23.1 Å². The zero-order chi connectivity index (χ0) is 19.4. The van der Waals surface area contributed by atoms with Gasteiger partial charge in [0, 0.05) is 30.6 Å². The zero-order valence-electron chi connectivity index (χ0n) is 16.4. The van der Waals surface area contributed by atoms with Crippen LogP contribution in [0.4, 0.5) is 4.79 Å². The number of nitrogens with one attached hydrogen (secondary N) is 1. The molecule has 2 aliphatic heterocycles. The summed E-state index contributed by atoms with van der Waals surface area (Å²) < 4.78 is 11.8. The highest BCUT2D eigenvalue weighted by Crippen LogP contribution is 2.55. The minimum atomic E-state index is -0.507. The van der Waals surface area contributed by atoms with Crippen molar-refractivity contribution in [3.05, 3.63) is 35.4 Å². The molecule has 0 fully saturated rings. The Balaban J connectivity index is 1.77. The fourth-order valence-corrected chi connectivity index (χ4v) is 4.51. The molecule has 3 atom stereocenters. The third-order valence-corrected chi connectivity index (χ3v) is 5.72. The van der Waals surface area contributed by atoms with Crippen molar-refractivity contribution in [2.24, 2.45) is 0 Å². The van der Waals surface area contributed by atoms with E-state index in [1.54, 1.807) is 7.11 Å². The van der Waals surface area contributed by atoms with Crippen LogP contribution in [0, 0.1) is 0 Å². The van der Waals surface area contributed by atoms with Gasteiger partial charge in [0.15, 0.2) is 11.5 Å². The first-order valence-electron chi connectivity index (χ1n) is 9.55. The Hall–Kier alpha value is -2.21. The van der Waals surface area contributed by atoms with Crippen LogP contribution in [0.3, 0.4) is 0 Å². The number of aliphatic hydroxyl groups is 1. The van der Waals surface area contributed by atoms with Crippen LogP contribution in [-0.2, 0) is 12.0 Å². The quantitative estimate of drug-likeness (QED) is 0.744. The molecule has 4 rings (SSSR count). The molecule has 0 aromatic heterocycles. The van der Waals surface area contributed by atoms with Crippen LogP contribution < -0.4 is 14.8 Å². The van der Waals surface area contributed by atoms with Gasteiger partial charge in [-0.05, 0) is 38.8 Å². The van der Waals surface area contributed by atoms with Crippen molar-refractivity contribution in [1.82, 2.24) is 10.2 Å². The summed E-state index contributed by atoms with van der Waals surface area (Å²) in [5, 5.41) is 13.2. The van der Waals surface area contributed by atoms with Crippen molar-refractivity contribution in [2.75, 3.05) is 13.7 Å². The fourth-order valence-electron chi connectivity index (χ4n) is 4.51. The van der Waals surface area contributed by atoms with Crippen molar-refractivity contribution in [3.8, 4) is 11.5 Å². The van der Waals surface area contributed by atoms with Crippen molar-refractivity contribution < 1.29 is 19.4 Å². The molecule has 1 aromatic carbocycles. The first-order valence-corrected chi connectivity index (χ1v) is 9.55. The number of urea groups is 1. The number of methoxy groups -OCH3 is 1. The average molecular weight is 372 g/mol. The normalized spacial score (nSPS) is 28.7. The molecule has 27 heavy (non-hydrogen) atoms. The first-order chi connectivity index (χ1) is 12.7. The molecule has 0 saturated carbocycles. The fraction of sp³-hybridized carbons (Fsp3) is 0.571. The molecule has 146 valence electrons. The minimum Gasteiger partial charge on any atom is -0.493 e. The lowest BCUT2D eigenvalue weighted by Gasteiger charge is -2.36. The van der Waals surface area contributed by atoms with E-state index in [0.29, 0.717) is 25.3 Å². The Morgan fingerprint density at radius 1 is 1.41 bits per heavy atom. The number of hydrogen-bond donors (Lipinski definition) is 2. The predicted molar refractivity (Wildman–Crippen MR) is 102 cm³/mol. The van der Waals surface area contributed by atoms with E-state index in [0.717, 1.165) is 23.3 Å². The van der Waals surface area contributed by atoms with E-state index in [4.69, 9.17) is 9.47 Å². The van der Waals surface area contributed by atoms with Crippen molar-refractivity contribution in [3.63, 3.8) is 0 Å². The highest BCUT2D eigenvalue weighted by atomic mass is 16.5. The van der Waals surface area contributed by atoms with E-state index >= 15 is 0 Å². The smallest absolute Gasteiger partial charge is 0.318 e. The van der Waals surface area contributed by atoms with Crippen LogP contribution in [0.1, 0.15) is 44.7 Å². The molecule has 2 heterocycles. The summed E-state index contributed by atoms with van der Waals surface area (Å²) in [6, 6.07) is 3.89. The van der Waals surface area contributed by atoms with Gasteiger partial charge in [-0.25, -0.2) is 4.79 Å². The first kappa shape index (κ1) is 18.2. The summed E-state index contributed by atoms with van der Waals surface area (Å²) in [6.07, 6.45) is 4.60. The van der Waals surface area contributed by atoms with Gasteiger partial charge in [-0.15, -0.1) is 0 Å². The lowest BCUT2D eigenvalue weighted by molar-refractivity contribution is 0.0819. The molecule has 6 heteroatoms. The van der Waals surface area contributed by atoms with Crippen LogP contribution in [0.5, 0.6) is 11.5 Å². The second-order valence-electron chi connectivity index (χ2n) is 8.79. The minimum absolute atomic E-state index is 0.0549. The molecule has 1 aliphatic carbocycles. The predicted octanol–water partition coefficient (Wildman–Crippen LogP) is 2.73. The SMILES string of the molecule is COc1ccc2c3c1O[C@H]1C[C@@H](O)C=C[C@@]31CCN(C(=O)NC(C)(C)C)C2. The number of benzene rings is 1. The zero-order valence-corrected chi connectivity index (χ0v) is 16.4. The van der Waals surface area contributed by atoms with Gasteiger partial charge in [-0.3, -0.25) is 0 Å². The maximum absolute atomic E-state index is 12.8. The lowest BCUT2D eigenvalue weighted by atomic mass is 9.69. The van der Waals surface area contributed by atoms with Gasteiger partial charge >= 0.3 is 6.03 Å². The van der Waals surface area contributed by atoms with E-state index < -0.39 is 6.10 Å². The monoisotopic (exact) mass is 372 g/mol. The van der Waals surface area contributed by atoms with Crippen LogP contribution in [0.15, 0.2) is 24.3 Å². The number of nitrogens with zero attached hydrogens (tertiary/aromatic N) is 1. The van der Waals surface area contributed by atoms with E-state index in [1.807, 2.05) is 43.9 Å². The van der Waals surface area contributed by atoms with Crippen LogP contribution >= 0.6 is 0 Å². The van der Waals surface area contributed by atoms with Gasteiger partial charge in [0.2, 0.25) is 0 Å². The van der Waals surface area contributed by atoms with Crippen molar-refractivity contribution in [1.29, 1.82) is 0 Å². The van der Waals surface area contributed by atoms with Crippen LogP contribution in [0.25, 0.3) is 0 Å². The topological polar surface area (TPSA) is 71.0 Å². The molecule has 3 aliphatic rings. The third-order valence-electron chi connectivity index (χ3n) is 5.72. The number of rotatable bonds is 1. The molecule has 0 saturated heterocycles. The summed E-state index contributed by atoms with van der Waals surface area (Å²) in [7, 11) is 1.64. The Labute approximate surface area is 160 Å². The Morgan fingerprint density at radius 2 is 2.19 bits per heavy atom. The van der Waals surface area contributed by atoms with Gasteiger partial charge in [0.25, 0.3) is 0 Å². The van der Waals surface area contributed by atoms with Crippen LogP contribution in [-0.4, -0.2) is 47.4 Å². The van der Waals surface area contributed by atoms with E-state index in [9.17, 15) is 9.90 Å². The van der Waals surface area contributed by atoms with Gasteiger partial charge in [0.05, 0.1) is 18.6 Å². The molecule has 2 N–H and O–H groups in total. The Morgan fingerprint density at radius 3 is 2.89 bits per heavy atom. The number of carbonyl (C=O) groups excluding carboxylic acids is 1. The number of hydrogen-bond acceptors (Lipinski definition) is 4. The maximum Gasteiger partial charge on any atom is 0.318 e. The molecule has 1 aromatic rings. The number of amides is 2.